The summed E-state index contributed by atoms with van der Waals surface area (Å²) in [7, 11) is -3.48. The molecule has 3 heterocycles. The van der Waals surface area contributed by atoms with Gasteiger partial charge in [0.2, 0.25) is 21.8 Å². The number of piperidine rings is 1. The Morgan fingerprint density at radius 2 is 1.71 bits per heavy atom. The van der Waals surface area contributed by atoms with Crippen LogP contribution in [0.3, 0.4) is 0 Å². The van der Waals surface area contributed by atoms with Crippen LogP contribution in [0.1, 0.15) is 38.5 Å². The van der Waals surface area contributed by atoms with Crippen LogP contribution in [0, 0.1) is 11.8 Å². The van der Waals surface area contributed by atoms with Crippen LogP contribution in [0.4, 0.5) is 5.13 Å². The van der Waals surface area contributed by atoms with E-state index < -0.39 is 10.0 Å². The van der Waals surface area contributed by atoms with Gasteiger partial charge in [0.15, 0.2) is 5.13 Å². The maximum atomic E-state index is 12.8. The molecule has 10 heteroatoms. The lowest BCUT2D eigenvalue weighted by Crippen LogP contribution is -2.42. The number of amides is 2. The molecule has 1 aromatic carbocycles. The number of hydrogen-bond donors (Lipinski definition) is 1. The van der Waals surface area contributed by atoms with Gasteiger partial charge in [-0.25, -0.2) is 13.4 Å². The summed E-state index contributed by atoms with van der Waals surface area (Å²) in [6.45, 7) is 2.39. The fraction of sp³-hybridized carbons (Fsp3) is 0.571. The van der Waals surface area contributed by atoms with E-state index >= 15 is 0 Å². The van der Waals surface area contributed by atoms with Gasteiger partial charge in [-0.2, -0.15) is 4.31 Å². The van der Waals surface area contributed by atoms with E-state index in [0.717, 1.165) is 30.4 Å². The Kier molecular flexibility index (Phi) is 5.47. The van der Waals surface area contributed by atoms with Crippen molar-refractivity contribution >= 4 is 48.5 Å². The van der Waals surface area contributed by atoms with Crippen molar-refractivity contribution < 1.29 is 18.0 Å². The first kappa shape index (κ1) is 20.8. The number of nitrogens with zero attached hydrogens (tertiary/aromatic N) is 3. The van der Waals surface area contributed by atoms with Gasteiger partial charge in [0.25, 0.3) is 0 Å². The minimum absolute atomic E-state index is 0.0810. The minimum Gasteiger partial charge on any atom is -0.342 e. The SMILES string of the molecule is O=C(Nc1nc2ccc(S(=O)(=O)N3CCCC3)cc2s1)C1CCN(C(=O)C2CC2)CC1. The molecule has 166 valence electrons. The molecule has 8 nitrogen and oxygen atoms in total. The van der Waals surface area contributed by atoms with E-state index in [-0.39, 0.29) is 28.5 Å². The van der Waals surface area contributed by atoms with Crippen LogP contribution in [-0.4, -0.2) is 60.6 Å². The highest BCUT2D eigenvalue weighted by Gasteiger charge is 2.36. The van der Waals surface area contributed by atoms with Crippen molar-refractivity contribution in [2.45, 2.75) is 43.4 Å². The van der Waals surface area contributed by atoms with Gasteiger partial charge in [0.1, 0.15) is 0 Å². The standard InChI is InChI=1S/C21H26N4O4S2/c26-19(14-7-11-24(12-8-14)20(27)15-3-4-15)23-21-22-17-6-5-16(13-18(17)30-21)31(28,29)25-9-1-2-10-25/h5-6,13-15H,1-4,7-12H2,(H,22,23,26). The van der Waals surface area contributed by atoms with Gasteiger partial charge in [0.05, 0.1) is 15.1 Å². The minimum atomic E-state index is -3.48. The van der Waals surface area contributed by atoms with Gasteiger partial charge in [-0.05, 0) is 56.7 Å². The van der Waals surface area contributed by atoms with Gasteiger partial charge in [-0.3, -0.25) is 9.59 Å². The highest BCUT2D eigenvalue weighted by molar-refractivity contribution is 7.89. The third kappa shape index (κ3) is 4.20. The Morgan fingerprint density at radius 3 is 2.39 bits per heavy atom. The average molecular weight is 463 g/mol. The molecule has 0 atom stereocenters. The summed E-state index contributed by atoms with van der Waals surface area (Å²) < 4.78 is 27.9. The van der Waals surface area contributed by atoms with Crippen LogP contribution >= 0.6 is 11.3 Å². The summed E-state index contributed by atoms with van der Waals surface area (Å²) in [5, 5.41) is 3.38. The largest absolute Gasteiger partial charge is 0.342 e. The molecule has 1 saturated carbocycles. The van der Waals surface area contributed by atoms with Gasteiger partial charge in [-0.1, -0.05) is 11.3 Å². The molecule has 2 aliphatic heterocycles. The molecule has 0 radical (unpaired) electrons. The third-order valence-electron chi connectivity index (χ3n) is 6.40. The normalized spacial score (nSPS) is 21.0. The number of carbonyl (C=O) groups excluding carboxylic acids is 2. The zero-order valence-corrected chi connectivity index (χ0v) is 18.9. The van der Waals surface area contributed by atoms with E-state index in [1.807, 2.05) is 4.90 Å². The quantitative estimate of drug-likeness (QED) is 0.736. The molecule has 1 aliphatic carbocycles. The van der Waals surface area contributed by atoms with Crippen LogP contribution in [0.5, 0.6) is 0 Å². The number of likely N-dealkylation sites (tertiary alicyclic amines) is 1. The molecule has 3 aliphatic rings. The number of carbonyl (C=O) groups is 2. The molecule has 0 spiro atoms. The molecule has 3 fully saturated rings. The van der Waals surface area contributed by atoms with Crippen molar-refractivity contribution in [2.24, 2.45) is 11.8 Å². The lowest BCUT2D eigenvalue weighted by molar-refractivity contribution is -0.135. The first-order valence-electron chi connectivity index (χ1n) is 10.9. The van der Waals surface area contributed by atoms with Crippen molar-refractivity contribution in [3.05, 3.63) is 18.2 Å². The Bertz CT molecular complexity index is 1110. The van der Waals surface area contributed by atoms with Gasteiger partial charge >= 0.3 is 0 Å². The molecule has 1 N–H and O–H groups in total. The molecule has 1 aromatic heterocycles. The van der Waals surface area contributed by atoms with Crippen LogP contribution in [0.15, 0.2) is 23.1 Å². The van der Waals surface area contributed by atoms with Gasteiger partial charge in [0, 0.05) is 38.0 Å². The third-order valence-corrected chi connectivity index (χ3v) is 9.23. The Hall–Kier alpha value is -2.04. The lowest BCUT2D eigenvalue weighted by Gasteiger charge is -2.31. The zero-order valence-electron chi connectivity index (χ0n) is 17.2. The number of hydrogen-bond acceptors (Lipinski definition) is 6. The van der Waals surface area contributed by atoms with E-state index in [9.17, 15) is 18.0 Å². The first-order chi connectivity index (χ1) is 14.9. The monoisotopic (exact) mass is 462 g/mol. The topological polar surface area (TPSA) is 99.7 Å². The van der Waals surface area contributed by atoms with Crippen LogP contribution in [-0.2, 0) is 19.6 Å². The van der Waals surface area contributed by atoms with E-state index in [1.165, 1.54) is 15.6 Å². The maximum Gasteiger partial charge on any atom is 0.243 e. The van der Waals surface area contributed by atoms with Crippen molar-refractivity contribution in [1.29, 1.82) is 0 Å². The number of rotatable bonds is 5. The zero-order chi connectivity index (χ0) is 21.6. The maximum absolute atomic E-state index is 12.8. The highest BCUT2D eigenvalue weighted by atomic mass is 32.2. The number of nitrogens with one attached hydrogen (secondary N) is 1. The molecule has 2 amide bonds. The predicted octanol–water partition coefficient (Wildman–Crippen LogP) is 2.67. The number of fused-ring (bicyclic) bond motifs is 1. The molecule has 0 unspecified atom stereocenters. The summed E-state index contributed by atoms with van der Waals surface area (Å²) >= 11 is 1.29. The van der Waals surface area contributed by atoms with Crippen molar-refractivity contribution in [3.63, 3.8) is 0 Å². The number of benzene rings is 1. The first-order valence-corrected chi connectivity index (χ1v) is 13.2. The number of anilines is 1. The van der Waals surface area contributed by atoms with E-state index in [2.05, 4.69) is 10.3 Å². The molecule has 2 saturated heterocycles. The second-order valence-electron chi connectivity index (χ2n) is 8.62. The molecule has 2 aromatic rings. The van der Waals surface area contributed by atoms with Crippen LogP contribution in [0.25, 0.3) is 10.2 Å². The summed E-state index contributed by atoms with van der Waals surface area (Å²) in [5.74, 6) is 0.237. The molecule has 31 heavy (non-hydrogen) atoms. The van der Waals surface area contributed by atoms with Gasteiger partial charge < -0.3 is 10.2 Å². The Morgan fingerprint density at radius 1 is 1.00 bits per heavy atom. The number of sulfonamides is 1. The summed E-state index contributed by atoms with van der Waals surface area (Å²) in [6, 6.07) is 4.94. The molecule has 0 bridgehead atoms. The van der Waals surface area contributed by atoms with E-state index in [0.29, 0.717) is 49.7 Å². The van der Waals surface area contributed by atoms with Crippen molar-refractivity contribution in [1.82, 2.24) is 14.2 Å². The van der Waals surface area contributed by atoms with Crippen LogP contribution in [0.2, 0.25) is 0 Å². The molecular weight excluding hydrogens is 436 g/mol. The number of aromatic nitrogens is 1. The van der Waals surface area contributed by atoms with E-state index in [1.54, 1.807) is 18.2 Å². The van der Waals surface area contributed by atoms with Crippen molar-refractivity contribution in [3.8, 4) is 0 Å². The average Bonchev–Trinajstić information content (AvgIpc) is 3.30. The second kappa shape index (κ2) is 8.14. The number of thiazole rings is 1. The molecular formula is C21H26N4O4S2. The fourth-order valence-electron chi connectivity index (χ4n) is 4.35. The second-order valence-corrected chi connectivity index (χ2v) is 11.6. The predicted molar refractivity (Wildman–Crippen MR) is 118 cm³/mol. The highest BCUT2D eigenvalue weighted by Crippen LogP contribution is 2.33. The smallest absolute Gasteiger partial charge is 0.243 e. The fourth-order valence-corrected chi connectivity index (χ4v) is 6.88. The Labute approximate surface area is 185 Å². The Balaban J connectivity index is 1.24. The van der Waals surface area contributed by atoms with Crippen LogP contribution < -0.4 is 5.32 Å². The van der Waals surface area contributed by atoms with Gasteiger partial charge in [-0.15, -0.1) is 0 Å². The molecule has 5 rings (SSSR count). The summed E-state index contributed by atoms with van der Waals surface area (Å²) in [6.07, 6.45) is 5.11. The lowest BCUT2D eigenvalue weighted by atomic mass is 9.95. The van der Waals surface area contributed by atoms with Crippen molar-refractivity contribution in [2.75, 3.05) is 31.5 Å². The van der Waals surface area contributed by atoms with E-state index in [4.69, 9.17) is 0 Å². The summed E-state index contributed by atoms with van der Waals surface area (Å²) in [5.41, 5.74) is 0.672. The summed E-state index contributed by atoms with van der Waals surface area (Å²) in [4.78, 5) is 31.5.